The average Bonchev–Trinajstić information content (AvgIpc) is 2.46. The van der Waals surface area contributed by atoms with Crippen LogP contribution in [0.4, 0.5) is 4.39 Å². The maximum atomic E-state index is 13.7. The number of esters is 1. The number of rotatable bonds is 2. The van der Waals surface area contributed by atoms with Gasteiger partial charge in [-0.2, -0.15) is 0 Å². The van der Waals surface area contributed by atoms with E-state index in [1.54, 1.807) is 12.1 Å². The van der Waals surface area contributed by atoms with E-state index < -0.39 is 5.60 Å². The van der Waals surface area contributed by atoms with Gasteiger partial charge in [0, 0.05) is 12.5 Å². The third kappa shape index (κ3) is 2.65. The van der Waals surface area contributed by atoms with Crippen molar-refractivity contribution >= 4 is 16.7 Å². The molecule has 0 atom stereocenters. The van der Waals surface area contributed by atoms with Crippen LogP contribution in [0.25, 0.3) is 10.8 Å². The van der Waals surface area contributed by atoms with Crippen LogP contribution in [0.15, 0.2) is 36.4 Å². The maximum Gasteiger partial charge on any atom is 0.303 e. The van der Waals surface area contributed by atoms with Gasteiger partial charge in [0.25, 0.3) is 0 Å². The van der Waals surface area contributed by atoms with E-state index >= 15 is 0 Å². The predicted molar refractivity (Wildman–Crippen MR) is 80.4 cm³/mol. The zero-order valence-corrected chi connectivity index (χ0v) is 12.2. The normalized spacial score (nSPS) is 17.6. The van der Waals surface area contributed by atoms with Gasteiger partial charge in [-0.05, 0) is 48.6 Å². The molecular weight excluding hydrogens is 267 g/mol. The molecule has 3 rings (SSSR count). The van der Waals surface area contributed by atoms with Gasteiger partial charge in [-0.25, -0.2) is 4.39 Å². The van der Waals surface area contributed by atoms with Gasteiger partial charge in [0.2, 0.25) is 0 Å². The fourth-order valence-corrected chi connectivity index (χ4v) is 3.47. The van der Waals surface area contributed by atoms with Crippen LogP contribution < -0.4 is 0 Å². The predicted octanol–water partition coefficient (Wildman–Crippen LogP) is 4.70. The third-order valence-corrected chi connectivity index (χ3v) is 4.34. The van der Waals surface area contributed by atoms with Crippen molar-refractivity contribution in [1.82, 2.24) is 0 Å². The lowest BCUT2D eigenvalue weighted by molar-refractivity contribution is -0.162. The summed E-state index contributed by atoms with van der Waals surface area (Å²) in [5.74, 6) is -0.533. The molecule has 21 heavy (non-hydrogen) atoms. The van der Waals surface area contributed by atoms with Crippen LogP contribution in [-0.2, 0) is 15.1 Å². The van der Waals surface area contributed by atoms with E-state index in [0.717, 1.165) is 48.4 Å². The highest BCUT2D eigenvalue weighted by Crippen LogP contribution is 2.43. The molecule has 1 fully saturated rings. The molecule has 0 bridgehead atoms. The van der Waals surface area contributed by atoms with Gasteiger partial charge in [0.05, 0.1) is 0 Å². The standard InChI is InChI=1S/C18H19FO2/c1-13(20)21-18(10-3-2-4-11-18)17-7-5-6-14-8-9-15(19)12-16(14)17/h5-9,12H,2-4,10-11H2,1H3. The Hall–Kier alpha value is -1.90. The molecule has 2 nitrogen and oxygen atoms in total. The number of carbonyl (C=O) groups is 1. The number of hydrogen-bond donors (Lipinski definition) is 0. The van der Waals surface area contributed by atoms with E-state index in [-0.39, 0.29) is 11.8 Å². The van der Waals surface area contributed by atoms with E-state index in [9.17, 15) is 9.18 Å². The van der Waals surface area contributed by atoms with Crippen molar-refractivity contribution in [2.45, 2.75) is 44.6 Å². The van der Waals surface area contributed by atoms with Crippen molar-refractivity contribution in [2.75, 3.05) is 0 Å². The molecule has 1 aliphatic rings. The van der Waals surface area contributed by atoms with Crippen LogP contribution in [-0.4, -0.2) is 5.97 Å². The summed E-state index contributed by atoms with van der Waals surface area (Å²) >= 11 is 0. The molecule has 3 heteroatoms. The summed E-state index contributed by atoms with van der Waals surface area (Å²) in [6, 6.07) is 10.7. The second-order valence-electron chi connectivity index (χ2n) is 5.82. The van der Waals surface area contributed by atoms with Crippen LogP contribution in [0.3, 0.4) is 0 Å². The van der Waals surface area contributed by atoms with Crippen LogP contribution in [0.1, 0.15) is 44.6 Å². The van der Waals surface area contributed by atoms with Crippen molar-refractivity contribution in [3.63, 3.8) is 0 Å². The smallest absolute Gasteiger partial charge is 0.303 e. The minimum atomic E-state index is -0.600. The molecule has 0 aromatic heterocycles. The summed E-state index contributed by atoms with van der Waals surface area (Å²) in [5.41, 5.74) is 0.339. The fraction of sp³-hybridized carbons (Fsp3) is 0.389. The Bertz CT molecular complexity index is 672. The Morgan fingerprint density at radius 1 is 1.14 bits per heavy atom. The molecule has 0 saturated heterocycles. The topological polar surface area (TPSA) is 26.3 Å². The maximum absolute atomic E-state index is 13.7. The van der Waals surface area contributed by atoms with Crippen molar-refractivity contribution in [3.05, 3.63) is 47.8 Å². The monoisotopic (exact) mass is 286 g/mol. The van der Waals surface area contributed by atoms with Gasteiger partial charge >= 0.3 is 5.97 Å². The highest BCUT2D eigenvalue weighted by Gasteiger charge is 2.38. The molecule has 0 unspecified atom stereocenters. The molecule has 1 saturated carbocycles. The van der Waals surface area contributed by atoms with Crippen LogP contribution in [0.5, 0.6) is 0 Å². The van der Waals surface area contributed by atoms with Crippen molar-refractivity contribution < 1.29 is 13.9 Å². The fourth-order valence-electron chi connectivity index (χ4n) is 3.47. The van der Waals surface area contributed by atoms with E-state index in [1.807, 2.05) is 18.2 Å². The number of fused-ring (bicyclic) bond motifs is 1. The number of carbonyl (C=O) groups excluding carboxylic acids is 1. The summed E-state index contributed by atoms with van der Waals surface area (Å²) in [5, 5.41) is 1.83. The van der Waals surface area contributed by atoms with Gasteiger partial charge in [-0.1, -0.05) is 30.7 Å². The molecule has 0 radical (unpaired) electrons. The van der Waals surface area contributed by atoms with E-state index in [1.165, 1.54) is 13.0 Å². The van der Waals surface area contributed by atoms with Crippen molar-refractivity contribution in [3.8, 4) is 0 Å². The Morgan fingerprint density at radius 3 is 2.62 bits per heavy atom. The first-order valence-corrected chi connectivity index (χ1v) is 7.49. The molecular formula is C18H19FO2. The molecule has 0 N–H and O–H groups in total. The summed E-state index contributed by atoms with van der Waals surface area (Å²) in [7, 11) is 0. The summed E-state index contributed by atoms with van der Waals surface area (Å²) in [4.78, 5) is 11.6. The minimum absolute atomic E-state index is 0.260. The van der Waals surface area contributed by atoms with Crippen molar-refractivity contribution in [1.29, 1.82) is 0 Å². The zero-order chi connectivity index (χ0) is 14.9. The number of ether oxygens (including phenoxy) is 1. The van der Waals surface area contributed by atoms with E-state index in [0.29, 0.717) is 0 Å². The molecule has 0 amide bonds. The number of hydrogen-bond acceptors (Lipinski definition) is 2. The number of halogens is 1. The SMILES string of the molecule is CC(=O)OC1(c2cccc3ccc(F)cc23)CCCCC1. The zero-order valence-electron chi connectivity index (χ0n) is 12.2. The van der Waals surface area contributed by atoms with Crippen LogP contribution in [0, 0.1) is 5.82 Å². The quantitative estimate of drug-likeness (QED) is 0.748. The van der Waals surface area contributed by atoms with Gasteiger partial charge in [-0.15, -0.1) is 0 Å². The largest absolute Gasteiger partial charge is 0.454 e. The van der Waals surface area contributed by atoms with Crippen molar-refractivity contribution in [2.24, 2.45) is 0 Å². The van der Waals surface area contributed by atoms with Gasteiger partial charge in [0.15, 0.2) is 0 Å². The third-order valence-electron chi connectivity index (χ3n) is 4.34. The highest BCUT2D eigenvalue weighted by molar-refractivity contribution is 5.87. The van der Waals surface area contributed by atoms with Crippen LogP contribution >= 0.6 is 0 Å². The van der Waals surface area contributed by atoms with Crippen LogP contribution in [0.2, 0.25) is 0 Å². The molecule has 110 valence electrons. The van der Waals surface area contributed by atoms with Gasteiger partial charge in [-0.3, -0.25) is 4.79 Å². The Labute approximate surface area is 123 Å². The lowest BCUT2D eigenvalue weighted by Crippen LogP contribution is -2.34. The molecule has 1 aliphatic carbocycles. The van der Waals surface area contributed by atoms with E-state index in [2.05, 4.69) is 0 Å². The minimum Gasteiger partial charge on any atom is -0.454 e. The molecule has 2 aromatic carbocycles. The lowest BCUT2D eigenvalue weighted by atomic mass is 9.77. The Kier molecular flexibility index (Phi) is 3.66. The molecule has 0 aliphatic heterocycles. The molecule has 2 aromatic rings. The highest BCUT2D eigenvalue weighted by atomic mass is 19.1. The Balaban J connectivity index is 2.19. The number of benzene rings is 2. The Morgan fingerprint density at radius 2 is 1.90 bits per heavy atom. The first-order valence-electron chi connectivity index (χ1n) is 7.49. The first-order chi connectivity index (χ1) is 10.1. The summed E-state index contributed by atoms with van der Waals surface area (Å²) in [6.45, 7) is 1.45. The lowest BCUT2D eigenvalue weighted by Gasteiger charge is -2.37. The van der Waals surface area contributed by atoms with Gasteiger partial charge in [0.1, 0.15) is 11.4 Å². The second-order valence-corrected chi connectivity index (χ2v) is 5.82. The summed E-state index contributed by atoms with van der Waals surface area (Å²) < 4.78 is 19.4. The summed E-state index contributed by atoms with van der Waals surface area (Å²) in [6.07, 6.45) is 4.82. The van der Waals surface area contributed by atoms with E-state index in [4.69, 9.17) is 4.74 Å². The molecule has 0 spiro atoms. The molecule has 0 heterocycles. The second kappa shape index (κ2) is 5.47. The van der Waals surface area contributed by atoms with Gasteiger partial charge < -0.3 is 4.74 Å². The first kappa shape index (κ1) is 14.1. The average molecular weight is 286 g/mol.